The lowest BCUT2D eigenvalue weighted by Gasteiger charge is -1.99. The van der Waals surface area contributed by atoms with Crippen molar-refractivity contribution in [1.82, 2.24) is 0 Å². The SMILES string of the molecule is O=Cc1ccc(O)c(C=CCCBr)c1. The smallest absolute Gasteiger partial charge is 0.150 e. The molecule has 0 atom stereocenters. The van der Waals surface area contributed by atoms with E-state index in [0.29, 0.717) is 11.1 Å². The monoisotopic (exact) mass is 254 g/mol. The molecule has 0 aliphatic carbocycles. The first-order valence-electron chi connectivity index (χ1n) is 4.28. The summed E-state index contributed by atoms with van der Waals surface area (Å²) in [7, 11) is 0. The summed E-state index contributed by atoms with van der Waals surface area (Å²) < 4.78 is 0. The highest BCUT2D eigenvalue weighted by molar-refractivity contribution is 9.09. The molecule has 0 unspecified atom stereocenters. The topological polar surface area (TPSA) is 37.3 Å². The number of phenols is 1. The van der Waals surface area contributed by atoms with Gasteiger partial charge in [0.1, 0.15) is 12.0 Å². The minimum absolute atomic E-state index is 0.196. The Bertz CT molecular complexity index is 345. The number of rotatable bonds is 4. The Morgan fingerprint density at radius 3 is 2.86 bits per heavy atom. The van der Waals surface area contributed by atoms with E-state index >= 15 is 0 Å². The summed E-state index contributed by atoms with van der Waals surface area (Å²) in [5.41, 5.74) is 1.25. The number of carbonyl (C=O) groups is 1. The zero-order valence-corrected chi connectivity index (χ0v) is 9.20. The van der Waals surface area contributed by atoms with Gasteiger partial charge in [-0.05, 0) is 24.6 Å². The molecule has 1 N–H and O–H groups in total. The standard InChI is InChI=1S/C11H11BrO2/c12-6-2-1-3-10-7-9(8-13)4-5-11(10)14/h1,3-5,7-8,14H,2,6H2. The highest BCUT2D eigenvalue weighted by Gasteiger charge is 1.98. The second-order valence-electron chi connectivity index (χ2n) is 2.82. The van der Waals surface area contributed by atoms with Gasteiger partial charge < -0.3 is 5.11 Å². The molecule has 0 aliphatic heterocycles. The Hall–Kier alpha value is -1.09. The first kappa shape index (κ1) is 11.0. The molecule has 1 aromatic rings. The van der Waals surface area contributed by atoms with Gasteiger partial charge in [-0.3, -0.25) is 4.79 Å². The zero-order valence-electron chi connectivity index (χ0n) is 7.61. The molecule has 1 aromatic carbocycles. The van der Waals surface area contributed by atoms with Gasteiger partial charge in [0, 0.05) is 16.5 Å². The van der Waals surface area contributed by atoms with Crippen molar-refractivity contribution in [3.8, 4) is 5.75 Å². The molecule has 0 saturated heterocycles. The van der Waals surface area contributed by atoms with Crippen molar-refractivity contribution in [3.63, 3.8) is 0 Å². The molecule has 0 aromatic heterocycles. The van der Waals surface area contributed by atoms with Gasteiger partial charge in [0.25, 0.3) is 0 Å². The quantitative estimate of drug-likeness (QED) is 0.663. The van der Waals surface area contributed by atoms with E-state index in [1.807, 2.05) is 12.2 Å². The van der Waals surface area contributed by atoms with Gasteiger partial charge in [-0.1, -0.05) is 28.1 Å². The van der Waals surface area contributed by atoms with Gasteiger partial charge in [-0.2, -0.15) is 0 Å². The lowest BCUT2D eigenvalue weighted by molar-refractivity contribution is 0.112. The van der Waals surface area contributed by atoms with Crippen LogP contribution in [0.15, 0.2) is 24.3 Å². The Morgan fingerprint density at radius 1 is 1.43 bits per heavy atom. The van der Waals surface area contributed by atoms with Crippen LogP contribution in [-0.4, -0.2) is 16.7 Å². The second kappa shape index (κ2) is 5.60. The maximum Gasteiger partial charge on any atom is 0.150 e. The first-order valence-corrected chi connectivity index (χ1v) is 5.41. The summed E-state index contributed by atoms with van der Waals surface area (Å²) >= 11 is 3.30. The summed E-state index contributed by atoms with van der Waals surface area (Å²) in [4.78, 5) is 10.5. The van der Waals surface area contributed by atoms with Crippen molar-refractivity contribution in [2.45, 2.75) is 6.42 Å². The summed E-state index contributed by atoms with van der Waals surface area (Å²) in [6, 6.07) is 4.77. The minimum Gasteiger partial charge on any atom is -0.507 e. The molecule has 1 rings (SSSR count). The largest absolute Gasteiger partial charge is 0.507 e. The van der Waals surface area contributed by atoms with Crippen LogP contribution >= 0.6 is 15.9 Å². The average Bonchev–Trinajstić information content (AvgIpc) is 2.21. The van der Waals surface area contributed by atoms with Crippen LogP contribution in [-0.2, 0) is 0 Å². The van der Waals surface area contributed by atoms with Gasteiger partial charge in [0.15, 0.2) is 0 Å². The van der Waals surface area contributed by atoms with Gasteiger partial charge in [0.05, 0.1) is 0 Å². The van der Waals surface area contributed by atoms with Gasteiger partial charge in [-0.15, -0.1) is 0 Å². The van der Waals surface area contributed by atoms with Crippen molar-refractivity contribution in [3.05, 3.63) is 35.4 Å². The fourth-order valence-electron chi connectivity index (χ4n) is 1.05. The number of benzene rings is 1. The van der Waals surface area contributed by atoms with Crippen LogP contribution in [0.5, 0.6) is 5.75 Å². The first-order chi connectivity index (χ1) is 6.77. The van der Waals surface area contributed by atoms with E-state index in [4.69, 9.17) is 0 Å². The summed E-state index contributed by atoms with van der Waals surface area (Å²) in [5, 5.41) is 10.3. The molecule has 0 heterocycles. The molecule has 0 saturated carbocycles. The summed E-state index contributed by atoms with van der Waals surface area (Å²) in [6.45, 7) is 0. The number of aromatic hydroxyl groups is 1. The maximum atomic E-state index is 10.5. The van der Waals surface area contributed by atoms with Crippen LogP contribution in [0.2, 0.25) is 0 Å². The number of hydrogen-bond acceptors (Lipinski definition) is 2. The summed E-state index contributed by atoms with van der Waals surface area (Å²) in [5.74, 6) is 0.196. The molecular weight excluding hydrogens is 244 g/mol. The third-order valence-electron chi connectivity index (χ3n) is 1.76. The molecule has 0 spiro atoms. The molecule has 0 bridgehead atoms. The Balaban J connectivity index is 2.89. The number of carbonyl (C=O) groups excluding carboxylic acids is 1. The van der Waals surface area contributed by atoms with E-state index in [2.05, 4.69) is 15.9 Å². The van der Waals surface area contributed by atoms with Crippen LogP contribution in [0, 0.1) is 0 Å². The number of phenolic OH excluding ortho intramolecular Hbond substituents is 1. The highest BCUT2D eigenvalue weighted by Crippen LogP contribution is 2.19. The van der Waals surface area contributed by atoms with E-state index in [-0.39, 0.29) is 5.75 Å². The van der Waals surface area contributed by atoms with Crippen LogP contribution in [0.1, 0.15) is 22.3 Å². The molecule has 74 valence electrons. The predicted molar refractivity (Wildman–Crippen MR) is 60.9 cm³/mol. The normalized spacial score (nSPS) is 10.6. The third-order valence-corrected chi connectivity index (χ3v) is 2.22. The highest BCUT2D eigenvalue weighted by atomic mass is 79.9. The van der Waals surface area contributed by atoms with Crippen molar-refractivity contribution >= 4 is 28.3 Å². The van der Waals surface area contributed by atoms with Crippen LogP contribution in [0.3, 0.4) is 0 Å². The molecule has 3 heteroatoms. The van der Waals surface area contributed by atoms with Crippen molar-refractivity contribution in [2.24, 2.45) is 0 Å². The minimum atomic E-state index is 0.196. The van der Waals surface area contributed by atoms with Crippen LogP contribution in [0.25, 0.3) is 6.08 Å². The van der Waals surface area contributed by atoms with Crippen molar-refractivity contribution in [1.29, 1.82) is 0 Å². The Labute approximate surface area is 91.4 Å². The number of aldehydes is 1. The maximum absolute atomic E-state index is 10.5. The fraction of sp³-hybridized carbons (Fsp3) is 0.182. The van der Waals surface area contributed by atoms with Crippen molar-refractivity contribution < 1.29 is 9.90 Å². The molecular formula is C11H11BrO2. The molecule has 0 fully saturated rings. The number of halogens is 1. The average molecular weight is 255 g/mol. The Kier molecular flexibility index (Phi) is 4.40. The lowest BCUT2D eigenvalue weighted by atomic mass is 10.1. The molecule has 0 amide bonds. The van der Waals surface area contributed by atoms with E-state index in [9.17, 15) is 9.90 Å². The third kappa shape index (κ3) is 3.00. The molecule has 14 heavy (non-hydrogen) atoms. The lowest BCUT2D eigenvalue weighted by Crippen LogP contribution is -1.82. The fourth-order valence-corrected chi connectivity index (χ4v) is 1.32. The summed E-state index contributed by atoms with van der Waals surface area (Å²) in [6.07, 6.45) is 5.41. The molecule has 0 aliphatic rings. The number of alkyl halides is 1. The molecule has 2 nitrogen and oxygen atoms in total. The zero-order chi connectivity index (χ0) is 10.4. The molecule has 0 radical (unpaired) electrons. The van der Waals surface area contributed by atoms with E-state index in [0.717, 1.165) is 18.0 Å². The number of hydrogen-bond donors (Lipinski definition) is 1. The van der Waals surface area contributed by atoms with E-state index in [1.54, 1.807) is 12.1 Å². The predicted octanol–water partition coefficient (Wildman–Crippen LogP) is 3.00. The second-order valence-corrected chi connectivity index (χ2v) is 3.61. The Morgan fingerprint density at radius 2 is 2.21 bits per heavy atom. The van der Waals surface area contributed by atoms with Gasteiger partial charge >= 0.3 is 0 Å². The van der Waals surface area contributed by atoms with Crippen LogP contribution < -0.4 is 0 Å². The van der Waals surface area contributed by atoms with E-state index < -0.39 is 0 Å². The van der Waals surface area contributed by atoms with E-state index in [1.165, 1.54) is 6.07 Å². The van der Waals surface area contributed by atoms with Gasteiger partial charge in [-0.25, -0.2) is 0 Å². The van der Waals surface area contributed by atoms with Gasteiger partial charge in [0.2, 0.25) is 0 Å². The van der Waals surface area contributed by atoms with Crippen molar-refractivity contribution in [2.75, 3.05) is 5.33 Å². The van der Waals surface area contributed by atoms with Crippen LogP contribution in [0.4, 0.5) is 0 Å². The number of allylic oxidation sites excluding steroid dienone is 1.